The Morgan fingerprint density at radius 2 is 1.11 bits per heavy atom. The van der Waals surface area contributed by atoms with Gasteiger partial charge in [-0.1, -0.05) is 52.7 Å². The zero-order valence-corrected chi connectivity index (χ0v) is 23.0. The third-order valence-corrected chi connectivity index (χ3v) is 8.05. The van der Waals surface area contributed by atoms with Crippen molar-refractivity contribution >= 4 is 23.2 Å². The first-order valence-electron chi connectivity index (χ1n) is 14.0. The number of rotatable bonds is 11. The van der Waals surface area contributed by atoms with Gasteiger partial charge in [-0.05, 0) is 110 Å². The van der Waals surface area contributed by atoms with Gasteiger partial charge in [0.05, 0.1) is 0 Å². The lowest BCUT2D eigenvalue weighted by atomic mass is 9.99. The maximum Gasteiger partial charge on any atom is 0.227 e. The molecule has 0 unspecified atom stereocenters. The zero-order valence-electron chi connectivity index (χ0n) is 23.0. The van der Waals surface area contributed by atoms with E-state index in [-0.39, 0.29) is 23.7 Å². The summed E-state index contributed by atoms with van der Waals surface area (Å²) >= 11 is 0. The van der Waals surface area contributed by atoms with Gasteiger partial charge in [0.25, 0.3) is 0 Å². The van der Waals surface area contributed by atoms with Gasteiger partial charge in [0, 0.05) is 23.2 Å². The molecule has 0 spiro atoms. The highest BCUT2D eigenvalue weighted by molar-refractivity contribution is 5.96. The van der Waals surface area contributed by atoms with Crippen molar-refractivity contribution in [1.82, 2.24) is 0 Å². The van der Waals surface area contributed by atoms with E-state index in [4.69, 9.17) is 0 Å². The van der Waals surface area contributed by atoms with E-state index in [1.807, 2.05) is 12.1 Å². The molecule has 2 aliphatic rings. The summed E-state index contributed by atoms with van der Waals surface area (Å²) in [6, 6.07) is 12.4. The molecule has 2 aromatic rings. The van der Waals surface area contributed by atoms with Crippen molar-refractivity contribution < 1.29 is 9.59 Å². The Morgan fingerprint density at radius 3 is 1.44 bits per heavy atom. The molecule has 36 heavy (non-hydrogen) atoms. The van der Waals surface area contributed by atoms with E-state index in [0.717, 1.165) is 59.3 Å². The van der Waals surface area contributed by atoms with E-state index in [1.54, 1.807) is 0 Å². The van der Waals surface area contributed by atoms with Crippen molar-refractivity contribution in [2.75, 3.05) is 10.6 Å². The molecule has 4 nitrogen and oxygen atoms in total. The predicted octanol–water partition coefficient (Wildman–Crippen LogP) is 7.99. The SMILES string of the molecule is Cc1cc(-c2ccc(NC(=O)[C@@H]3C[C@@H]3CCC(C)C)c(C)c2)ccc1NC(=O)[C@@H]1C[C@@H]1CCC(C)C. The van der Waals surface area contributed by atoms with Crippen LogP contribution >= 0.6 is 0 Å². The molecule has 0 radical (unpaired) electrons. The van der Waals surface area contributed by atoms with Gasteiger partial charge in [0.1, 0.15) is 0 Å². The summed E-state index contributed by atoms with van der Waals surface area (Å²) in [5.41, 5.74) is 6.16. The zero-order chi connectivity index (χ0) is 26.0. The second kappa shape index (κ2) is 11.2. The maximum absolute atomic E-state index is 12.7. The number of amides is 2. The van der Waals surface area contributed by atoms with Gasteiger partial charge in [-0.25, -0.2) is 0 Å². The molecule has 2 fully saturated rings. The molecule has 2 N–H and O–H groups in total. The fourth-order valence-electron chi connectivity index (χ4n) is 5.29. The third-order valence-electron chi connectivity index (χ3n) is 8.05. The highest BCUT2D eigenvalue weighted by atomic mass is 16.2. The van der Waals surface area contributed by atoms with Crippen LogP contribution in [0.3, 0.4) is 0 Å². The summed E-state index contributed by atoms with van der Waals surface area (Å²) in [6.45, 7) is 13.1. The first-order valence-corrected chi connectivity index (χ1v) is 14.0. The summed E-state index contributed by atoms with van der Waals surface area (Å²) in [4.78, 5) is 25.4. The molecule has 0 bridgehead atoms. The Labute approximate surface area is 217 Å². The van der Waals surface area contributed by atoms with Crippen LogP contribution in [0.5, 0.6) is 0 Å². The molecule has 0 aliphatic heterocycles. The highest BCUT2D eigenvalue weighted by Crippen LogP contribution is 2.44. The average Bonchev–Trinajstić information content (AvgIpc) is 3.73. The third kappa shape index (κ3) is 6.78. The van der Waals surface area contributed by atoms with Crippen LogP contribution in [0.25, 0.3) is 11.1 Å². The summed E-state index contributed by atoms with van der Waals surface area (Å²) < 4.78 is 0. The summed E-state index contributed by atoms with van der Waals surface area (Å²) in [5.74, 6) is 3.19. The molecule has 0 aromatic heterocycles. The van der Waals surface area contributed by atoms with E-state index in [1.165, 1.54) is 12.8 Å². The van der Waals surface area contributed by atoms with Crippen molar-refractivity contribution in [2.24, 2.45) is 35.5 Å². The normalized spacial score (nSPS) is 22.6. The van der Waals surface area contributed by atoms with Crippen molar-refractivity contribution in [3.63, 3.8) is 0 Å². The molecular formula is C32H44N2O2. The van der Waals surface area contributed by atoms with Gasteiger partial charge in [0.2, 0.25) is 11.8 Å². The first-order chi connectivity index (χ1) is 17.1. The largest absolute Gasteiger partial charge is 0.326 e. The minimum atomic E-state index is 0.164. The van der Waals surface area contributed by atoms with Crippen LogP contribution < -0.4 is 10.6 Å². The number of nitrogens with one attached hydrogen (secondary N) is 2. The molecule has 2 amide bonds. The Kier molecular flexibility index (Phi) is 8.22. The van der Waals surface area contributed by atoms with Gasteiger partial charge in [-0.3, -0.25) is 9.59 Å². The quantitative estimate of drug-likeness (QED) is 0.337. The fraction of sp³-hybridized carbons (Fsp3) is 0.562. The number of benzene rings is 2. The lowest BCUT2D eigenvalue weighted by Crippen LogP contribution is -2.16. The second-order valence-corrected chi connectivity index (χ2v) is 12.2. The number of aryl methyl sites for hydroxylation is 2. The fourth-order valence-corrected chi connectivity index (χ4v) is 5.29. The monoisotopic (exact) mass is 488 g/mol. The second-order valence-electron chi connectivity index (χ2n) is 12.2. The average molecular weight is 489 g/mol. The number of anilines is 2. The highest BCUT2D eigenvalue weighted by Gasteiger charge is 2.43. The lowest BCUT2D eigenvalue weighted by molar-refractivity contribution is -0.118. The van der Waals surface area contributed by atoms with E-state index < -0.39 is 0 Å². The number of carbonyl (C=O) groups is 2. The molecule has 194 valence electrons. The van der Waals surface area contributed by atoms with Gasteiger partial charge < -0.3 is 10.6 Å². The minimum absolute atomic E-state index is 0.164. The van der Waals surface area contributed by atoms with Crippen LogP contribution in [0.1, 0.15) is 77.3 Å². The van der Waals surface area contributed by atoms with E-state index in [0.29, 0.717) is 23.7 Å². The molecule has 2 aliphatic carbocycles. The Balaban J connectivity index is 1.33. The number of carbonyl (C=O) groups excluding carboxylic acids is 2. The summed E-state index contributed by atoms with van der Waals surface area (Å²) in [7, 11) is 0. The van der Waals surface area contributed by atoms with Crippen LogP contribution in [-0.4, -0.2) is 11.8 Å². The van der Waals surface area contributed by atoms with Gasteiger partial charge >= 0.3 is 0 Å². The van der Waals surface area contributed by atoms with Crippen LogP contribution in [0, 0.1) is 49.4 Å². The van der Waals surface area contributed by atoms with Crippen molar-refractivity contribution in [3.05, 3.63) is 47.5 Å². The number of hydrogen-bond donors (Lipinski definition) is 2. The van der Waals surface area contributed by atoms with Crippen LogP contribution in [0.2, 0.25) is 0 Å². The lowest BCUT2D eigenvalue weighted by Gasteiger charge is -2.13. The molecule has 4 atom stereocenters. The Hall–Kier alpha value is -2.62. The van der Waals surface area contributed by atoms with Crippen LogP contribution in [-0.2, 0) is 9.59 Å². The van der Waals surface area contributed by atoms with E-state index >= 15 is 0 Å². The van der Waals surface area contributed by atoms with Crippen LogP contribution in [0.4, 0.5) is 11.4 Å². The maximum atomic E-state index is 12.7. The molecule has 0 heterocycles. The molecule has 0 saturated heterocycles. The minimum Gasteiger partial charge on any atom is -0.326 e. The van der Waals surface area contributed by atoms with Crippen molar-refractivity contribution in [3.8, 4) is 11.1 Å². The summed E-state index contributed by atoms with van der Waals surface area (Å²) in [6.07, 6.45) is 6.76. The molecule has 4 rings (SSSR count). The van der Waals surface area contributed by atoms with E-state index in [9.17, 15) is 9.59 Å². The first kappa shape index (κ1) is 26.4. The summed E-state index contributed by atoms with van der Waals surface area (Å²) in [5, 5.41) is 6.32. The Bertz CT molecular complexity index is 1020. The number of hydrogen-bond acceptors (Lipinski definition) is 2. The van der Waals surface area contributed by atoms with Crippen molar-refractivity contribution in [2.45, 2.75) is 80.1 Å². The molecule has 4 heteroatoms. The standard InChI is InChI=1S/C32H44N2O2/c1-19(2)7-9-25-17-27(25)31(35)33-29-13-11-23(15-21(29)5)24-12-14-30(22(6)16-24)34-32(36)28-18-26(28)10-8-20(3)4/h11-16,19-20,25-28H,7-10,17-18H2,1-6H3,(H,33,35)(H,34,36)/t25-,26-,27+,28+/m0/s1. The molecule has 2 aromatic carbocycles. The van der Waals surface area contributed by atoms with E-state index in [2.05, 4.69) is 76.4 Å². The molecular weight excluding hydrogens is 444 g/mol. The topological polar surface area (TPSA) is 58.2 Å². The molecule has 2 saturated carbocycles. The van der Waals surface area contributed by atoms with Gasteiger partial charge in [-0.15, -0.1) is 0 Å². The predicted molar refractivity (Wildman–Crippen MR) is 150 cm³/mol. The Morgan fingerprint density at radius 1 is 0.722 bits per heavy atom. The van der Waals surface area contributed by atoms with Gasteiger partial charge in [0.15, 0.2) is 0 Å². The van der Waals surface area contributed by atoms with Crippen LogP contribution in [0.15, 0.2) is 36.4 Å². The smallest absolute Gasteiger partial charge is 0.227 e. The van der Waals surface area contributed by atoms with Gasteiger partial charge in [-0.2, -0.15) is 0 Å². The van der Waals surface area contributed by atoms with Crippen molar-refractivity contribution in [1.29, 1.82) is 0 Å².